The molecule has 6 nitrogen and oxygen atoms in total. The molecule has 1 aromatic rings. The van der Waals surface area contributed by atoms with Crippen LogP contribution in [0, 0.1) is 6.92 Å². The molecule has 1 rings (SSSR count). The quantitative estimate of drug-likeness (QED) is 0.580. The molecule has 0 aromatic heterocycles. The highest BCUT2D eigenvalue weighted by Gasteiger charge is 2.43. The molecule has 0 bridgehead atoms. The second-order valence-electron chi connectivity index (χ2n) is 4.24. The maximum absolute atomic E-state index is 12.5. The molecule has 0 saturated carbocycles. The van der Waals surface area contributed by atoms with Crippen molar-refractivity contribution < 1.29 is 27.5 Å². The summed E-state index contributed by atoms with van der Waals surface area (Å²) in [6, 6.07) is 5.85. The average Bonchev–Trinajstić information content (AvgIpc) is 2.39. The van der Waals surface area contributed by atoms with Crippen LogP contribution in [0.2, 0.25) is 0 Å². The maximum Gasteiger partial charge on any atom is 0.336 e. The fourth-order valence-corrected chi connectivity index (χ4v) is 3.08. The van der Waals surface area contributed by atoms with Gasteiger partial charge in [0.25, 0.3) is 5.25 Å². The third kappa shape index (κ3) is 4.04. The summed E-state index contributed by atoms with van der Waals surface area (Å²) in [5, 5.41) is -2.00. The summed E-state index contributed by atoms with van der Waals surface area (Å²) in [6.45, 7) is 4.79. The Morgan fingerprint density at radius 3 is 1.81 bits per heavy atom. The predicted molar refractivity (Wildman–Crippen MR) is 75.4 cm³/mol. The summed E-state index contributed by atoms with van der Waals surface area (Å²) >= 11 is 0. The summed E-state index contributed by atoms with van der Waals surface area (Å²) in [6.07, 6.45) is 0. The molecule has 0 N–H and O–H groups in total. The molecule has 0 aliphatic rings. The Morgan fingerprint density at radius 2 is 1.43 bits per heavy atom. The molecule has 7 heteroatoms. The molecule has 0 amide bonds. The van der Waals surface area contributed by atoms with Crippen molar-refractivity contribution in [2.45, 2.75) is 30.9 Å². The largest absolute Gasteiger partial charge is 0.465 e. The van der Waals surface area contributed by atoms with Crippen molar-refractivity contribution in [1.82, 2.24) is 0 Å². The summed E-state index contributed by atoms with van der Waals surface area (Å²) in [4.78, 5) is 23.6. The van der Waals surface area contributed by atoms with Crippen molar-refractivity contribution in [2.75, 3.05) is 13.2 Å². The Bertz CT molecular complexity index is 585. The fraction of sp³-hybridized carbons (Fsp3) is 0.429. The van der Waals surface area contributed by atoms with Crippen molar-refractivity contribution >= 4 is 21.8 Å². The Hall–Kier alpha value is -1.89. The Morgan fingerprint density at radius 1 is 1.00 bits per heavy atom. The summed E-state index contributed by atoms with van der Waals surface area (Å²) < 4.78 is 34.3. The first-order valence-corrected chi connectivity index (χ1v) is 8.03. The van der Waals surface area contributed by atoms with E-state index in [0.29, 0.717) is 0 Å². The monoisotopic (exact) mass is 314 g/mol. The Balaban J connectivity index is 3.25. The van der Waals surface area contributed by atoms with Gasteiger partial charge in [0.05, 0.1) is 18.1 Å². The third-order valence-corrected chi connectivity index (χ3v) is 4.60. The minimum Gasteiger partial charge on any atom is -0.465 e. The van der Waals surface area contributed by atoms with Crippen LogP contribution in [-0.2, 0) is 28.9 Å². The normalized spacial score (nSPS) is 11.2. The molecule has 0 aliphatic heterocycles. The van der Waals surface area contributed by atoms with Crippen molar-refractivity contribution in [3.05, 3.63) is 29.8 Å². The minimum atomic E-state index is -4.21. The molecule has 0 fully saturated rings. The Labute approximate surface area is 124 Å². The van der Waals surface area contributed by atoms with Crippen LogP contribution in [-0.4, -0.2) is 38.8 Å². The van der Waals surface area contributed by atoms with E-state index in [1.807, 2.05) is 0 Å². The van der Waals surface area contributed by atoms with Gasteiger partial charge in [0.1, 0.15) is 0 Å². The van der Waals surface area contributed by atoms with E-state index < -0.39 is 27.0 Å². The van der Waals surface area contributed by atoms with Crippen LogP contribution in [0.5, 0.6) is 0 Å². The molecule has 0 radical (unpaired) electrons. The predicted octanol–water partition coefficient (Wildman–Crippen LogP) is 1.26. The number of ether oxygens (including phenoxy) is 2. The van der Waals surface area contributed by atoms with Gasteiger partial charge in [0.2, 0.25) is 9.84 Å². The number of benzene rings is 1. The first-order chi connectivity index (χ1) is 9.84. The van der Waals surface area contributed by atoms with Gasteiger partial charge in [0.15, 0.2) is 0 Å². The van der Waals surface area contributed by atoms with Gasteiger partial charge in [0, 0.05) is 0 Å². The fourth-order valence-electron chi connectivity index (χ4n) is 1.65. The van der Waals surface area contributed by atoms with E-state index in [2.05, 4.69) is 9.47 Å². The van der Waals surface area contributed by atoms with Crippen LogP contribution in [0.15, 0.2) is 29.2 Å². The number of esters is 2. The second-order valence-corrected chi connectivity index (χ2v) is 6.28. The van der Waals surface area contributed by atoms with E-state index in [9.17, 15) is 18.0 Å². The number of carbonyl (C=O) groups is 2. The molecule has 0 atom stereocenters. The first kappa shape index (κ1) is 17.2. The van der Waals surface area contributed by atoms with Crippen LogP contribution < -0.4 is 0 Å². The molecule has 0 spiro atoms. The molecular formula is C14H18O6S. The van der Waals surface area contributed by atoms with Crippen LogP contribution in [0.1, 0.15) is 19.4 Å². The topological polar surface area (TPSA) is 86.7 Å². The van der Waals surface area contributed by atoms with Crippen molar-refractivity contribution in [3.8, 4) is 0 Å². The molecule has 0 unspecified atom stereocenters. The standard InChI is InChI=1S/C14H18O6S/c1-4-19-13(15)12(14(16)20-5-2)21(17,18)11-8-6-10(3)7-9-11/h6-9,12H,4-5H2,1-3H3. The zero-order valence-corrected chi connectivity index (χ0v) is 13.0. The van der Waals surface area contributed by atoms with Gasteiger partial charge in [-0.3, -0.25) is 0 Å². The van der Waals surface area contributed by atoms with Gasteiger partial charge >= 0.3 is 11.9 Å². The van der Waals surface area contributed by atoms with E-state index in [4.69, 9.17) is 0 Å². The molecular weight excluding hydrogens is 296 g/mol. The van der Waals surface area contributed by atoms with Crippen LogP contribution >= 0.6 is 0 Å². The van der Waals surface area contributed by atoms with Crippen molar-refractivity contribution in [3.63, 3.8) is 0 Å². The molecule has 21 heavy (non-hydrogen) atoms. The van der Waals surface area contributed by atoms with Gasteiger partial charge in [-0.05, 0) is 32.9 Å². The van der Waals surface area contributed by atoms with E-state index >= 15 is 0 Å². The van der Waals surface area contributed by atoms with Gasteiger partial charge in [-0.1, -0.05) is 17.7 Å². The maximum atomic E-state index is 12.5. The van der Waals surface area contributed by atoms with Gasteiger partial charge < -0.3 is 9.47 Å². The third-order valence-electron chi connectivity index (χ3n) is 2.66. The second kappa shape index (κ2) is 7.21. The van der Waals surface area contributed by atoms with Gasteiger partial charge in [-0.15, -0.1) is 0 Å². The highest BCUT2D eigenvalue weighted by Crippen LogP contribution is 2.19. The van der Waals surface area contributed by atoms with Gasteiger partial charge in [-0.25, -0.2) is 18.0 Å². The summed E-state index contributed by atoms with van der Waals surface area (Å²) in [7, 11) is -4.21. The molecule has 0 heterocycles. The summed E-state index contributed by atoms with van der Waals surface area (Å²) in [5.41, 5.74) is 0.859. The number of sulfone groups is 1. The zero-order chi connectivity index (χ0) is 16.0. The number of hydrogen-bond donors (Lipinski definition) is 0. The lowest BCUT2D eigenvalue weighted by atomic mass is 10.2. The van der Waals surface area contributed by atoms with Crippen LogP contribution in [0.4, 0.5) is 0 Å². The van der Waals surface area contributed by atoms with Gasteiger partial charge in [-0.2, -0.15) is 0 Å². The number of aryl methyl sites for hydroxylation is 1. The zero-order valence-electron chi connectivity index (χ0n) is 12.2. The van der Waals surface area contributed by atoms with E-state index in [-0.39, 0.29) is 18.1 Å². The van der Waals surface area contributed by atoms with Crippen molar-refractivity contribution in [1.29, 1.82) is 0 Å². The smallest absolute Gasteiger partial charge is 0.336 e. The number of rotatable bonds is 6. The lowest BCUT2D eigenvalue weighted by Crippen LogP contribution is -2.40. The SMILES string of the molecule is CCOC(=O)C(C(=O)OCC)S(=O)(=O)c1ccc(C)cc1. The lowest BCUT2D eigenvalue weighted by molar-refractivity contribution is -0.153. The minimum absolute atomic E-state index is 0.0296. The highest BCUT2D eigenvalue weighted by molar-refractivity contribution is 7.93. The Kier molecular flexibility index (Phi) is 5.90. The average molecular weight is 314 g/mol. The molecule has 0 saturated heterocycles. The summed E-state index contributed by atoms with van der Waals surface area (Å²) in [5.74, 6) is -2.26. The number of carbonyl (C=O) groups excluding carboxylic acids is 2. The number of hydrogen-bond acceptors (Lipinski definition) is 6. The molecule has 1 aromatic carbocycles. The first-order valence-electron chi connectivity index (χ1n) is 6.48. The van der Waals surface area contributed by atoms with Crippen LogP contribution in [0.3, 0.4) is 0 Å². The van der Waals surface area contributed by atoms with E-state index in [1.54, 1.807) is 19.1 Å². The lowest BCUT2D eigenvalue weighted by Gasteiger charge is -2.15. The van der Waals surface area contributed by atoms with Crippen LogP contribution in [0.25, 0.3) is 0 Å². The molecule has 0 aliphatic carbocycles. The van der Waals surface area contributed by atoms with E-state index in [0.717, 1.165) is 5.56 Å². The van der Waals surface area contributed by atoms with E-state index in [1.165, 1.54) is 26.0 Å². The highest BCUT2D eigenvalue weighted by atomic mass is 32.2. The molecule has 116 valence electrons. The van der Waals surface area contributed by atoms with Crippen molar-refractivity contribution in [2.24, 2.45) is 0 Å².